The fourth-order valence-corrected chi connectivity index (χ4v) is 1.88. The summed E-state index contributed by atoms with van der Waals surface area (Å²) in [5.41, 5.74) is 0.937. The molecule has 3 aromatic rings. The molecular formula is C15H16N4O2. The summed E-state index contributed by atoms with van der Waals surface area (Å²) in [7, 11) is 0. The minimum Gasteiger partial charge on any atom is -0.339 e. The summed E-state index contributed by atoms with van der Waals surface area (Å²) in [6.45, 7) is 4.05. The third-order valence-electron chi connectivity index (χ3n) is 3.05. The van der Waals surface area contributed by atoms with Crippen molar-refractivity contribution in [1.82, 2.24) is 20.3 Å². The van der Waals surface area contributed by atoms with Gasteiger partial charge in [0.1, 0.15) is 0 Å². The largest absolute Gasteiger partial charge is 0.339 e. The van der Waals surface area contributed by atoms with E-state index in [2.05, 4.69) is 20.3 Å². The molecule has 0 saturated heterocycles. The Balaban J connectivity index is 1.65. The van der Waals surface area contributed by atoms with E-state index in [4.69, 9.17) is 9.05 Å². The molecular weight excluding hydrogens is 268 g/mol. The summed E-state index contributed by atoms with van der Waals surface area (Å²) >= 11 is 0. The maximum absolute atomic E-state index is 5.24. The highest BCUT2D eigenvalue weighted by Gasteiger charge is 2.12. The van der Waals surface area contributed by atoms with Crippen LogP contribution in [0.4, 0.5) is 0 Å². The average molecular weight is 284 g/mol. The van der Waals surface area contributed by atoms with Gasteiger partial charge >= 0.3 is 0 Å². The molecule has 0 atom stereocenters. The van der Waals surface area contributed by atoms with Gasteiger partial charge in [-0.2, -0.15) is 9.97 Å². The molecule has 0 radical (unpaired) electrons. The van der Waals surface area contributed by atoms with Gasteiger partial charge in [-0.05, 0) is 0 Å². The lowest BCUT2D eigenvalue weighted by molar-refractivity contribution is 0.351. The number of hydrogen-bond acceptors (Lipinski definition) is 6. The van der Waals surface area contributed by atoms with Gasteiger partial charge < -0.3 is 9.05 Å². The quantitative estimate of drug-likeness (QED) is 0.716. The molecule has 2 aromatic heterocycles. The second-order valence-corrected chi connectivity index (χ2v) is 5.08. The van der Waals surface area contributed by atoms with E-state index in [1.54, 1.807) is 0 Å². The van der Waals surface area contributed by atoms with E-state index >= 15 is 0 Å². The molecule has 0 unspecified atom stereocenters. The molecule has 0 aliphatic heterocycles. The number of nitrogens with zero attached hydrogens (tertiary/aromatic N) is 4. The van der Waals surface area contributed by atoms with Crippen molar-refractivity contribution in [2.45, 2.75) is 32.6 Å². The number of aromatic nitrogens is 4. The Morgan fingerprint density at radius 1 is 0.905 bits per heavy atom. The molecule has 0 spiro atoms. The number of hydrogen-bond donors (Lipinski definition) is 0. The molecule has 0 N–H and O–H groups in total. The Morgan fingerprint density at radius 3 is 2.24 bits per heavy atom. The van der Waals surface area contributed by atoms with Gasteiger partial charge in [-0.3, -0.25) is 0 Å². The van der Waals surface area contributed by atoms with Crippen LogP contribution >= 0.6 is 0 Å². The van der Waals surface area contributed by atoms with Crippen LogP contribution < -0.4 is 0 Å². The van der Waals surface area contributed by atoms with E-state index in [1.165, 1.54) is 0 Å². The molecule has 0 saturated carbocycles. The molecule has 0 bridgehead atoms. The summed E-state index contributed by atoms with van der Waals surface area (Å²) in [6, 6.07) is 9.73. The van der Waals surface area contributed by atoms with Crippen molar-refractivity contribution in [3.63, 3.8) is 0 Å². The molecule has 0 aliphatic carbocycles. The molecule has 0 amide bonds. The number of aryl methyl sites for hydroxylation is 2. The number of rotatable bonds is 5. The van der Waals surface area contributed by atoms with Crippen molar-refractivity contribution in [1.29, 1.82) is 0 Å². The molecule has 1 aromatic carbocycles. The normalized spacial score (nSPS) is 11.2. The third kappa shape index (κ3) is 3.16. The highest BCUT2D eigenvalue weighted by atomic mass is 16.5. The molecule has 2 heterocycles. The van der Waals surface area contributed by atoms with Gasteiger partial charge in [-0.1, -0.05) is 54.5 Å². The zero-order valence-corrected chi connectivity index (χ0v) is 12.0. The van der Waals surface area contributed by atoms with Crippen LogP contribution in [-0.2, 0) is 12.8 Å². The minimum absolute atomic E-state index is 0.260. The summed E-state index contributed by atoms with van der Waals surface area (Å²) in [5, 5.41) is 7.91. The number of benzene rings is 1. The maximum atomic E-state index is 5.24. The van der Waals surface area contributed by atoms with Crippen LogP contribution in [0.5, 0.6) is 0 Å². The van der Waals surface area contributed by atoms with Crippen LogP contribution in [0.3, 0.4) is 0 Å². The van der Waals surface area contributed by atoms with Crippen LogP contribution in [0, 0.1) is 0 Å². The van der Waals surface area contributed by atoms with Gasteiger partial charge in [0.05, 0.1) is 0 Å². The van der Waals surface area contributed by atoms with Crippen LogP contribution in [-0.4, -0.2) is 20.3 Å². The van der Waals surface area contributed by atoms with Crippen LogP contribution in [0.15, 0.2) is 39.4 Å². The van der Waals surface area contributed by atoms with Gasteiger partial charge in [0.25, 0.3) is 0 Å². The van der Waals surface area contributed by atoms with Gasteiger partial charge in [-0.15, -0.1) is 0 Å². The topological polar surface area (TPSA) is 77.8 Å². The fraction of sp³-hybridized carbons (Fsp3) is 0.333. The lowest BCUT2D eigenvalue weighted by atomic mass is 10.2. The van der Waals surface area contributed by atoms with Crippen molar-refractivity contribution < 1.29 is 9.05 Å². The van der Waals surface area contributed by atoms with Crippen molar-refractivity contribution in [3.05, 3.63) is 47.9 Å². The first-order chi connectivity index (χ1) is 10.2. The predicted molar refractivity (Wildman–Crippen MR) is 75.5 cm³/mol. The molecule has 6 heteroatoms. The predicted octanol–water partition coefficient (Wildman–Crippen LogP) is 3.03. The van der Waals surface area contributed by atoms with Crippen molar-refractivity contribution in [3.8, 4) is 11.4 Å². The smallest absolute Gasteiger partial charge is 0.227 e. The van der Waals surface area contributed by atoms with Crippen molar-refractivity contribution in [2.75, 3.05) is 0 Å². The van der Waals surface area contributed by atoms with Crippen molar-refractivity contribution >= 4 is 0 Å². The van der Waals surface area contributed by atoms with E-state index in [1.807, 2.05) is 44.2 Å². The van der Waals surface area contributed by atoms with E-state index in [-0.39, 0.29) is 5.92 Å². The standard InChI is InChI=1S/C15H16N4O2/c1-10(2)14-16-12(20-18-14)8-9-13-17-15(19-21-13)11-6-4-3-5-7-11/h3-7,10H,8-9H2,1-2H3. The molecule has 0 fully saturated rings. The van der Waals surface area contributed by atoms with Crippen molar-refractivity contribution in [2.24, 2.45) is 0 Å². The molecule has 21 heavy (non-hydrogen) atoms. The average Bonchev–Trinajstić information content (AvgIpc) is 3.15. The Hall–Kier alpha value is -2.50. The lowest BCUT2D eigenvalue weighted by Gasteiger charge is -1.92. The summed E-state index contributed by atoms with van der Waals surface area (Å²) in [6.07, 6.45) is 1.18. The third-order valence-corrected chi connectivity index (χ3v) is 3.05. The van der Waals surface area contributed by atoms with Crippen LogP contribution in [0.1, 0.15) is 37.4 Å². The summed E-state index contributed by atoms with van der Waals surface area (Å²) in [4.78, 5) is 8.69. The Labute approximate surface area is 122 Å². The van der Waals surface area contributed by atoms with Gasteiger partial charge in [0.2, 0.25) is 17.6 Å². The van der Waals surface area contributed by atoms with Gasteiger partial charge in [-0.25, -0.2) is 0 Å². The zero-order valence-electron chi connectivity index (χ0n) is 12.0. The minimum atomic E-state index is 0.260. The monoisotopic (exact) mass is 284 g/mol. The highest BCUT2D eigenvalue weighted by molar-refractivity contribution is 5.53. The van der Waals surface area contributed by atoms with Crippen LogP contribution in [0.25, 0.3) is 11.4 Å². The maximum Gasteiger partial charge on any atom is 0.227 e. The zero-order chi connectivity index (χ0) is 14.7. The van der Waals surface area contributed by atoms with Gasteiger partial charge in [0, 0.05) is 24.3 Å². The summed E-state index contributed by atoms with van der Waals surface area (Å²) in [5.74, 6) is 2.74. The Bertz CT molecular complexity index is 703. The lowest BCUT2D eigenvalue weighted by Crippen LogP contribution is -1.94. The Kier molecular flexibility index (Phi) is 3.77. The summed E-state index contributed by atoms with van der Waals surface area (Å²) < 4.78 is 10.4. The van der Waals surface area contributed by atoms with Crippen LogP contribution in [0.2, 0.25) is 0 Å². The molecule has 0 aliphatic rings. The van der Waals surface area contributed by atoms with E-state index in [9.17, 15) is 0 Å². The fourth-order valence-electron chi connectivity index (χ4n) is 1.88. The second kappa shape index (κ2) is 5.87. The molecule has 108 valence electrons. The van der Waals surface area contributed by atoms with Gasteiger partial charge in [0.15, 0.2) is 5.82 Å². The Morgan fingerprint density at radius 2 is 1.57 bits per heavy atom. The highest BCUT2D eigenvalue weighted by Crippen LogP contribution is 2.16. The first-order valence-corrected chi connectivity index (χ1v) is 6.93. The van der Waals surface area contributed by atoms with E-state index in [0.717, 1.165) is 11.4 Å². The molecule has 6 nitrogen and oxygen atoms in total. The molecule has 3 rings (SSSR count). The van der Waals surface area contributed by atoms with E-state index < -0.39 is 0 Å². The SMILES string of the molecule is CC(C)c1noc(CCc2nc(-c3ccccc3)no2)n1. The first-order valence-electron chi connectivity index (χ1n) is 6.93. The van der Waals surface area contributed by atoms with E-state index in [0.29, 0.717) is 30.4 Å². The first kappa shape index (κ1) is 13.5. The second-order valence-electron chi connectivity index (χ2n) is 5.08.